The zero-order chi connectivity index (χ0) is 18.6. The van der Waals surface area contributed by atoms with Crippen molar-refractivity contribution in [2.75, 3.05) is 6.61 Å². The summed E-state index contributed by atoms with van der Waals surface area (Å²) in [6.45, 7) is 3.61. The van der Waals surface area contributed by atoms with Crippen molar-refractivity contribution in [2.24, 2.45) is 0 Å². The molecule has 0 aromatic rings. The SMILES string of the molecule is C=C(C(=O)OCCC)C(F)C(F)(F)C(F)(F)C(F)C(F)C(F)F. The zero-order valence-corrected chi connectivity index (χ0v) is 11.6. The highest BCUT2D eigenvalue weighted by Gasteiger charge is 2.69. The molecule has 0 fully saturated rings. The van der Waals surface area contributed by atoms with E-state index in [4.69, 9.17) is 0 Å². The van der Waals surface area contributed by atoms with E-state index in [-0.39, 0.29) is 13.0 Å². The molecule has 0 aliphatic carbocycles. The standard InChI is InChI=1S/C12H13F9O2/c1-3-4-23-10(22)5(2)7(14)11(18,19)12(20,21)8(15)6(13)9(16)17/h6-9H,2-4H2,1H3. The molecule has 0 rings (SSSR count). The maximum Gasteiger partial charge on any atom is 0.348 e. The van der Waals surface area contributed by atoms with E-state index in [1.54, 1.807) is 0 Å². The van der Waals surface area contributed by atoms with Gasteiger partial charge >= 0.3 is 17.8 Å². The van der Waals surface area contributed by atoms with Crippen LogP contribution in [0.1, 0.15) is 13.3 Å². The van der Waals surface area contributed by atoms with E-state index < -0.39 is 48.3 Å². The lowest BCUT2D eigenvalue weighted by Gasteiger charge is -2.32. The van der Waals surface area contributed by atoms with Crippen molar-refractivity contribution in [2.45, 2.75) is 50.1 Å². The Morgan fingerprint density at radius 1 is 1.04 bits per heavy atom. The minimum Gasteiger partial charge on any atom is -0.462 e. The maximum absolute atomic E-state index is 13.5. The van der Waals surface area contributed by atoms with Gasteiger partial charge in [0.05, 0.1) is 12.2 Å². The quantitative estimate of drug-likeness (QED) is 0.352. The second kappa shape index (κ2) is 7.91. The Labute approximate surface area is 125 Å². The molecule has 0 heterocycles. The molecule has 3 unspecified atom stereocenters. The van der Waals surface area contributed by atoms with Gasteiger partial charge in [-0.15, -0.1) is 0 Å². The summed E-state index contributed by atoms with van der Waals surface area (Å²) in [6, 6.07) is 0. The smallest absolute Gasteiger partial charge is 0.348 e. The molecule has 0 aromatic heterocycles. The first-order valence-electron chi connectivity index (χ1n) is 6.14. The lowest BCUT2D eigenvalue weighted by Crippen LogP contribution is -2.57. The number of carbonyl (C=O) groups is 1. The number of halogens is 9. The van der Waals surface area contributed by atoms with Crippen molar-refractivity contribution in [3.05, 3.63) is 12.2 Å². The molecule has 3 atom stereocenters. The van der Waals surface area contributed by atoms with Crippen molar-refractivity contribution in [1.82, 2.24) is 0 Å². The number of hydrogen-bond donors (Lipinski definition) is 0. The summed E-state index contributed by atoms with van der Waals surface area (Å²) in [6.07, 6.45) is -17.3. The monoisotopic (exact) mass is 360 g/mol. The van der Waals surface area contributed by atoms with E-state index in [0.717, 1.165) is 0 Å². The fraction of sp³-hybridized carbons (Fsp3) is 0.750. The summed E-state index contributed by atoms with van der Waals surface area (Å²) in [5.74, 6) is -14.0. The molecule has 0 N–H and O–H groups in total. The van der Waals surface area contributed by atoms with E-state index in [0.29, 0.717) is 0 Å². The minimum atomic E-state index is -6.16. The number of alkyl halides is 9. The highest BCUT2D eigenvalue weighted by atomic mass is 19.3. The van der Waals surface area contributed by atoms with Gasteiger partial charge in [0.15, 0.2) is 6.17 Å². The van der Waals surface area contributed by atoms with E-state index in [1.807, 2.05) is 0 Å². The van der Waals surface area contributed by atoms with Crippen LogP contribution in [0.3, 0.4) is 0 Å². The zero-order valence-electron chi connectivity index (χ0n) is 11.6. The van der Waals surface area contributed by atoms with E-state index in [2.05, 4.69) is 11.3 Å². The van der Waals surface area contributed by atoms with E-state index in [1.165, 1.54) is 6.92 Å². The van der Waals surface area contributed by atoms with Crippen LogP contribution in [-0.4, -0.2) is 49.4 Å². The van der Waals surface area contributed by atoms with Gasteiger partial charge in [0.2, 0.25) is 12.3 Å². The van der Waals surface area contributed by atoms with Gasteiger partial charge in [0, 0.05) is 0 Å². The summed E-state index contributed by atoms with van der Waals surface area (Å²) in [5.41, 5.74) is -1.78. The van der Waals surface area contributed by atoms with Crippen LogP contribution < -0.4 is 0 Å². The molecule has 0 aliphatic rings. The molecule has 2 nitrogen and oxygen atoms in total. The van der Waals surface area contributed by atoms with Gasteiger partial charge in [-0.2, -0.15) is 17.6 Å². The van der Waals surface area contributed by atoms with Crippen LogP contribution in [0, 0.1) is 0 Å². The largest absolute Gasteiger partial charge is 0.462 e. The average Bonchev–Trinajstić information content (AvgIpc) is 2.48. The topological polar surface area (TPSA) is 26.3 Å². The summed E-state index contributed by atoms with van der Waals surface area (Å²) < 4.78 is 120. The molecule has 0 aliphatic heterocycles. The Kier molecular flexibility index (Phi) is 7.42. The van der Waals surface area contributed by atoms with Gasteiger partial charge in [0.1, 0.15) is 0 Å². The van der Waals surface area contributed by atoms with Gasteiger partial charge in [-0.25, -0.2) is 26.7 Å². The summed E-state index contributed by atoms with van der Waals surface area (Å²) in [5, 5.41) is 0. The molecule has 0 saturated heterocycles. The molecule has 23 heavy (non-hydrogen) atoms. The Balaban J connectivity index is 5.34. The second-order valence-electron chi connectivity index (χ2n) is 4.45. The number of rotatable bonds is 9. The molecule has 0 saturated carbocycles. The van der Waals surface area contributed by atoms with Crippen molar-refractivity contribution in [1.29, 1.82) is 0 Å². The van der Waals surface area contributed by atoms with Gasteiger partial charge in [-0.1, -0.05) is 13.5 Å². The van der Waals surface area contributed by atoms with Crippen LogP contribution in [0.15, 0.2) is 12.2 Å². The van der Waals surface area contributed by atoms with Crippen LogP contribution in [0.2, 0.25) is 0 Å². The Morgan fingerprint density at radius 2 is 1.52 bits per heavy atom. The predicted octanol–water partition coefficient (Wildman–Crippen LogP) is 4.05. The van der Waals surface area contributed by atoms with Gasteiger partial charge in [-0.05, 0) is 6.42 Å². The molecule has 11 heteroatoms. The van der Waals surface area contributed by atoms with Crippen molar-refractivity contribution in [3.8, 4) is 0 Å². The fourth-order valence-corrected chi connectivity index (χ4v) is 1.29. The maximum atomic E-state index is 13.5. The van der Waals surface area contributed by atoms with E-state index in [9.17, 15) is 44.3 Å². The normalized spacial score (nSPS) is 16.8. The lowest BCUT2D eigenvalue weighted by atomic mass is 9.95. The minimum absolute atomic E-state index is 0.187. The molecule has 0 radical (unpaired) electrons. The number of ether oxygens (including phenoxy) is 1. The first-order valence-corrected chi connectivity index (χ1v) is 6.14. The van der Waals surface area contributed by atoms with Crippen LogP contribution in [0.25, 0.3) is 0 Å². The van der Waals surface area contributed by atoms with Gasteiger partial charge in [-0.3, -0.25) is 0 Å². The molecule has 0 amide bonds. The van der Waals surface area contributed by atoms with Crippen molar-refractivity contribution in [3.63, 3.8) is 0 Å². The van der Waals surface area contributed by atoms with Crippen molar-refractivity contribution >= 4 is 5.97 Å². The number of carbonyl (C=O) groups excluding carboxylic acids is 1. The first kappa shape index (κ1) is 21.6. The first-order chi connectivity index (χ1) is 10.3. The number of esters is 1. The fourth-order valence-electron chi connectivity index (χ4n) is 1.29. The van der Waals surface area contributed by atoms with Crippen LogP contribution in [-0.2, 0) is 9.53 Å². The van der Waals surface area contributed by atoms with Gasteiger partial charge in [0.25, 0.3) is 6.43 Å². The Morgan fingerprint density at radius 3 is 1.91 bits per heavy atom. The average molecular weight is 360 g/mol. The summed E-state index contributed by atoms with van der Waals surface area (Å²) in [4.78, 5) is 11.1. The second-order valence-corrected chi connectivity index (χ2v) is 4.45. The highest BCUT2D eigenvalue weighted by molar-refractivity contribution is 5.89. The Hall–Kier alpha value is -1.42. The van der Waals surface area contributed by atoms with Crippen molar-refractivity contribution < 1.29 is 49.0 Å². The van der Waals surface area contributed by atoms with Crippen LogP contribution in [0.5, 0.6) is 0 Å². The van der Waals surface area contributed by atoms with Crippen LogP contribution in [0.4, 0.5) is 39.5 Å². The molecule has 0 aromatic carbocycles. The van der Waals surface area contributed by atoms with Crippen LogP contribution >= 0.6 is 0 Å². The third kappa shape index (κ3) is 4.54. The molecular formula is C12H13F9O2. The molecule has 136 valence electrons. The predicted molar refractivity (Wildman–Crippen MR) is 61.0 cm³/mol. The summed E-state index contributed by atoms with van der Waals surface area (Å²) in [7, 11) is 0. The number of hydrogen-bond acceptors (Lipinski definition) is 2. The Bertz CT molecular complexity index is 425. The van der Waals surface area contributed by atoms with E-state index >= 15 is 0 Å². The molecule has 0 spiro atoms. The summed E-state index contributed by atoms with van der Waals surface area (Å²) >= 11 is 0. The third-order valence-corrected chi connectivity index (χ3v) is 2.63. The lowest BCUT2D eigenvalue weighted by molar-refractivity contribution is -0.271. The molecular weight excluding hydrogens is 347 g/mol. The van der Waals surface area contributed by atoms with Gasteiger partial charge < -0.3 is 4.74 Å². The third-order valence-electron chi connectivity index (χ3n) is 2.63. The molecule has 0 bridgehead atoms. The highest BCUT2D eigenvalue weighted by Crippen LogP contribution is 2.45.